The van der Waals surface area contributed by atoms with Crippen molar-refractivity contribution in [1.82, 2.24) is 4.98 Å². The third kappa shape index (κ3) is 3.29. The van der Waals surface area contributed by atoms with Crippen LogP contribution in [0.2, 0.25) is 5.15 Å². The zero-order chi connectivity index (χ0) is 14.9. The van der Waals surface area contributed by atoms with Crippen molar-refractivity contribution in [2.24, 2.45) is 0 Å². The summed E-state index contributed by atoms with van der Waals surface area (Å²) < 4.78 is 26.9. The molecule has 10 heteroatoms. The van der Waals surface area contributed by atoms with E-state index in [1.165, 1.54) is 24.4 Å². The first-order chi connectivity index (χ1) is 9.29. The molecule has 0 atom stereocenters. The van der Waals surface area contributed by atoms with E-state index in [2.05, 4.69) is 25.6 Å². The Kier molecular flexibility index (Phi) is 4.33. The summed E-state index contributed by atoms with van der Waals surface area (Å²) in [5.41, 5.74) is 0.103. The fourth-order valence-corrected chi connectivity index (χ4v) is 4.01. The maximum absolute atomic E-state index is 12.1. The molecule has 0 fully saturated rings. The van der Waals surface area contributed by atoms with Crippen LogP contribution in [-0.4, -0.2) is 24.5 Å². The number of carboxylic acid groups (broad SMARTS) is 1. The number of carbonyl (C=O) groups is 1. The van der Waals surface area contributed by atoms with Gasteiger partial charge in [0, 0.05) is 10.7 Å². The topological polar surface area (TPSA) is 96.4 Å². The number of hydrogen-bond acceptors (Lipinski definition) is 5. The normalized spacial score (nSPS) is 11.3. The van der Waals surface area contributed by atoms with Gasteiger partial charge >= 0.3 is 5.97 Å². The van der Waals surface area contributed by atoms with Crippen molar-refractivity contribution in [3.05, 3.63) is 38.9 Å². The van der Waals surface area contributed by atoms with Crippen LogP contribution in [0, 0.1) is 0 Å². The van der Waals surface area contributed by atoms with Crippen molar-refractivity contribution in [3.63, 3.8) is 0 Å². The van der Waals surface area contributed by atoms with Crippen LogP contribution in [0.1, 0.15) is 9.67 Å². The van der Waals surface area contributed by atoms with E-state index >= 15 is 0 Å². The number of nitrogens with zero attached hydrogens (tertiary/aromatic N) is 1. The van der Waals surface area contributed by atoms with Crippen molar-refractivity contribution in [2.75, 3.05) is 4.72 Å². The Morgan fingerprint density at radius 2 is 2.15 bits per heavy atom. The molecule has 0 aliphatic rings. The molecule has 0 aliphatic heterocycles. The molecule has 0 spiro atoms. The largest absolute Gasteiger partial charge is 0.477 e. The maximum atomic E-state index is 12.1. The lowest BCUT2D eigenvalue weighted by Crippen LogP contribution is -2.12. The average Bonchev–Trinajstić information content (AvgIpc) is 2.84. The SMILES string of the molecule is O=C(O)c1ccc(S(=O)(=O)Nc2cc(Br)cnc2Cl)s1. The van der Waals surface area contributed by atoms with Gasteiger partial charge in [-0.1, -0.05) is 11.6 Å². The third-order valence-corrected chi connectivity index (χ3v) is 5.77. The molecule has 2 aromatic heterocycles. The van der Waals surface area contributed by atoms with Gasteiger partial charge in [0.25, 0.3) is 10.0 Å². The maximum Gasteiger partial charge on any atom is 0.345 e. The molecule has 0 saturated heterocycles. The fraction of sp³-hybridized carbons (Fsp3) is 0. The summed E-state index contributed by atoms with van der Waals surface area (Å²) in [6.07, 6.45) is 1.42. The molecule has 0 amide bonds. The van der Waals surface area contributed by atoms with E-state index in [4.69, 9.17) is 16.7 Å². The first kappa shape index (κ1) is 15.2. The van der Waals surface area contributed by atoms with E-state index in [9.17, 15) is 13.2 Å². The Morgan fingerprint density at radius 3 is 2.75 bits per heavy atom. The van der Waals surface area contributed by atoms with E-state index in [-0.39, 0.29) is 19.9 Å². The van der Waals surface area contributed by atoms with Crippen LogP contribution < -0.4 is 4.72 Å². The van der Waals surface area contributed by atoms with Crippen molar-refractivity contribution in [3.8, 4) is 0 Å². The predicted molar refractivity (Wildman–Crippen MR) is 79.0 cm³/mol. The van der Waals surface area contributed by atoms with Crippen LogP contribution in [0.5, 0.6) is 0 Å². The number of hydrogen-bond donors (Lipinski definition) is 2. The second kappa shape index (κ2) is 5.68. The molecule has 2 N–H and O–H groups in total. The molecule has 0 saturated carbocycles. The van der Waals surface area contributed by atoms with Crippen molar-refractivity contribution >= 4 is 60.5 Å². The number of rotatable bonds is 4. The number of pyridine rings is 1. The van der Waals surface area contributed by atoms with Crippen molar-refractivity contribution < 1.29 is 18.3 Å². The number of halogens is 2. The summed E-state index contributed by atoms with van der Waals surface area (Å²) in [4.78, 5) is 14.5. The first-order valence-corrected chi connectivity index (χ1v) is 8.43. The average molecular weight is 398 g/mol. The number of sulfonamides is 1. The first-order valence-electron chi connectivity index (χ1n) is 4.96. The van der Waals surface area contributed by atoms with E-state index in [0.29, 0.717) is 15.8 Å². The minimum atomic E-state index is -3.91. The number of aromatic nitrogens is 1. The van der Waals surface area contributed by atoms with Crippen molar-refractivity contribution in [2.45, 2.75) is 4.21 Å². The number of anilines is 1. The van der Waals surface area contributed by atoms with Crippen LogP contribution >= 0.6 is 38.9 Å². The number of thiophene rings is 1. The third-order valence-electron chi connectivity index (χ3n) is 2.11. The Labute approximate surface area is 131 Å². The summed E-state index contributed by atoms with van der Waals surface area (Å²) >= 11 is 9.60. The molecule has 6 nitrogen and oxygen atoms in total. The highest BCUT2D eigenvalue weighted by Gasteiger charge is 2.20. The quantitative estimate of drug-likeness (QED) is 0.773. The minimum Gasteiger partial charge on any atom is -0.477 e. The molecule has 2 aromatic rings. The van der Waals surface area contributed by atoms with Crippen LogP contribution in [0.4, 0.5) is 5.69 Å². The number of carboxylic acids is 1. The van der Waals surface area contributed by atoms with Crippen LogP contribution in [0.3, 0.4) is 0 Å². The zero-order valence-corrected chi connectivity index (χ0v) is 13.5. The van der Waals surface area contributed by atoms with Gasteiger partial charge in [0.1, 0.15) is 9.09 Å². The molecule has 106 valence electrons. The summed E-state index contributed by atoms with van der Waals surface area (Å²) in [5, 5.41) is 8.78. The van der Waals surface area contributed by atoms with Crippen LogP contribution in [0.25, 0.3) is 0 Å². The molecule has 20 heavy (non-hydrogen) atoms. The molecule has 2 heterocycles. The van der Waals surface area contributed by atoms with E-state index in [0.717, 1.165) is 0 Å². The fourth-order valence-electron chi connectivity index (χ4n) is 1.27. The highest BCUT2D eigenvalue weighted by molar-refractivity contribution is 9.10. The standard InChI is InChI=1S/C10H6BrClN2O4S2/c11-5-3-6(9(12)13-4-5)14-20(17,18)8-2-1-7(19-8)10(15)16/h1-4,14H,(H,15,16). The molecule has 2 rings (SSSR count). The molecular weight excluding hydrogens is 392 g/mol. The Balaban J connectivity index is 2.35. The van der Waals surface area contributed by atoms with Gasteiger partial charge in [-0.3, -0.25) is 4.72 Å². The van der Waals surface area contributed by atoms with Gasteiger partial charge in [0.05, 0.1) is 5.69 Å². The lowest BCUT2D eigenvalue weighted by atomic mass is 10.4. The predicted octanol–water partition coefficient (Wildman–Crippen LogP) is 3.06. The molecule has 0 bridgehead atoms. The molecule has 0 unspecified atom stereocenters. The molecule has 0 radical (unpaired) electrons. The summed E-state index contributed by atoms with van der Waals surface area (Å²) in [6, 6.07) is 3.90. The monoisotopic (exact) mass is 396 g/mol. The van der Waals surface area contributed by atoms with Crippen molar-refractivity contribution in [1.29, 1.82) is 0 Å². The highest BCUT2D eigenvalue weighted by atomic mass is 79.9. The Bertz CT molecular complexity index is 775. The summed E-state index contributed by atoms with van der Waals surface area (Å²) in [6.45, 7) is 0. The van der Waals surface area contributed by atoms with E-state index in [1.54, 1.807) is 0 Å². The summed E-state index contributed by atoms with van der Waals surface area (Å²) in [7, 11) is -3.91. The summed E-state index contributed by atoms with van der Waals surface area (Å²) in [5.74, 6) is -1.18. The van der Waals surface area contributed by atoms with Gasteiger partial charge in [-0.2, -0.15) is 0 Å². The van der Waals surface area contributed by atoms with Gasteiger partial charge in [-0.25, -0.2) is 18.2 Å². The van der Waals surface area contributed by atoms with Gasteiger partial charge in [0.15, 0.2) is 5.15 Å². The number of nitrogens with one attached hydrogen (secondary N) is 1. The molecule has 0 aliphatic carbocycles. The second-order valence-electron chi connectivity index (χ2n) is 3.52. The van der Waals surface area contributed by atoms with Crippen LogP contribution in [-0.2, 0) is 10.0 Å². The van der Waals surface area contributed by atoms with Gasteiger partial charge in [0.2, 0.25) is 0 Å². The Hall–Kier alpha value is -1.16. The minimum absolute atomic E-state index is 0.00760. The second-order valence-corrected chi connectivity index (χ2v) is 7.79. The number of aromatic carboxylic acids is 1. The van der Waals surface area contributed by atoms with Gasteiger partial charge < -0.3 is 5.11 Å². The van der Waals surface area contributed by atoms with Crippen LogP contribution in [0.15, 0.2) is 33.1 Å². The molecule has 0 aromatic carbocycles. The Morgan fingerprint density at radius 1 is 1.45 bits per heavy atom. The smallest absolute Gasteiger partial charge is 0.345 e. The lowest BCUT2D eigenvalue weighted by Gasteiger charge is -2.07. The zero-order valence-electron chi connectivity index (χ0n) is 9.50. The van der Waals surface area contributed by atoms with Gasteiger partial charge in [-0.15, -0.1) is 11.3 Å². The van der Waals surface area contributed by atoms with E-state index < -0.39 is 16.0 Å². The highest BCUT2D eigenvalue weighted by Crippen LogP contribution is 2.28. The van der Waals surface area contributed by atoms with E-state index in [1.807, 2.05) is 0 Å². The lowest BCUT2D eigenvalue weighted by molar-refractivity contribution is 0.0702. The van der Waals surface area contributed by atoms with Gasteiger partial charge in [-0.05, 0) is 34.1 Å². The molecular formula is C10H6BrClN2O4S2.